The van der Waals surface area contributed by atoms with Crippen molar-refractivity contribution in [2.45, 2.75) is 12.8 Å². The van der Waals surface area contributed by atoms with Crippen LogP contribution in [0.15, 0.2) is 46.9 Å². The predicted molar refractivity (Wildman–Crippen MR) is 74.9 cm³/mol. The summed E-state index contributed by atoms with van der Waals surface area (Å²) in [6.07, 6.45) is -4.44. The van der Waals surface area contributed by atoms with Crippen LogP contribution in [0.5, 0.6) is 5.75 Å². The Hall–Kier alpha value is -1.20. The summed E-state index contributed by atoms with van der Waals surface area (Å²) in [5.74, 6) is 0.198. The van der Waals surface area contributed by atoms with Gasteiger partial charge in [0.15, 0.2) is 5.75 Å². The molecule has 2 aromatic rings. The monoisotopic (exact) mass is 364 g/mol. The Balaban J connectivity index is 2.21. The SMILES string of the molecule is FC(F)(F)c1cc(Cl)c(OCc2ccccc2)c(Br)c1. The molecule has 0 amide bonds. The van der Waals surface area contributed by atoms with Crippen LogP contribution in [0.1, 0.15) is 11.1 Å². The molecule has 106 valence electrons. The molecule has 0 N–H and O–H groups in total. The third-order valence-corrected chi connectivity index (χ3v) is 3.42. The molecule has 0 radical (unpaired) electrons. The summed E-state index contributed by atoms with van der Waals surface area (Å²) < 4.78 is 43.5. The number of hydrogen-bond acceptors (Lipinski definition) is 1. The summed E-state index contributed by atoms with van der Waals surface area (Å²) in [5, 5.41) is -0.0809. The molecule has 0 bridgehead atoms. The minimum absolute atomic E-state index is 0.0809. The highest BCUT2D eigenvalue weighted by molar-refractivity contribution is 9.10. The Morgan fingerprint density at radius 1 is 1.10 bits per heavy atom. The van der Waals surface area contributed by atoms with Gasteiger partial charge in [-0.3, -0.25) is 0 Å². The molecule has 2 aromatic carbocycles. The first kappa shape index (κ1) is 15.2. The molecule has 0 saturated carbocycles. The first-order valence-corrected chi connectivity index (χ1v) is 6.78. The first-order valence-electron chi connectivity index (χ1n) is 5.61. The minimum Gasteiger partial charge on any atom is -0.486 e. The zero-order valence-corrected chi connectivity index (χ0v) is 12.4. The molecule has 1 nitrogen and oxygen atoms in total. The average Bonchev–Trinajstić information content (AvgIpc) is 2.37. The van der Waals surface area contributed by atoms with Gasteiger partial charge in [-0.25, -0.2) is 0 Å². The number of alkyl halides is 3. The summed E-state index contributed by atoms with van der Waals surface area (Å²) >= 11 is 8.91. The van der Waals surface area contributed by atoms with Gasteiger partial charge in [-0.2, -0.15) is 13.2 Å². The summed E-state index contributed by atoms with van der Waals surface area (Å²) in [7, 11) is 0. The number of rotatable bonds is 3. The standard InChI is InChI=1S/C14H9BrClF3O/c15-11-6-10(14(17,18)19)7-12(16)13(11)20-8-9-4-2-1-3-5-9/h1-7H,8H2. The van der Waals surface area contributed by atoms with Crippen LogP contribution >= 0.6 is 27.5 Å². The Morgan fingerprint density at radius 3 is 2.30 bits per heavy atom. The van der Waals surface area contributed by atoms with Gasteiger partial charge >= 0.3 is 6.18 Å². The molecular weight excluding hydrogens is 357 g/mol. The lowest BCUT2D eigenvalue weighted by Gasteiger charge is -2.13. The fraction of sp³-hybridized carbons (Fsp3) is 0.143. The molecular formula is C14H9BrClF3O. The van der Waals surface area contributed by atoms with Crippen molar-refractivity contribution >= 4 is 27.5 Å². The lowest BCUT2D eigenvalue weighted by molar-refractivity contribution is -0.137. The van der Waals surface area contributed by atoms with Crippen LogP contribution in [-0.2, 0) is 12.8 Å². The third kappa shape index (κ3) is 3.67. The highest BCUT2D eigenvalue weighted by Crippen LogP contribution is 2.40. The Labute approximate surface area is 127 Å². The van der Waals surface area contributed by atoms with E-state index in [0.717, 1.165) is 17.7 Å². The van der Waals surface area contributed by atoms with Crippen molar-refractivity contribution in [3.05, 3.63) is 63.1 Å². The molecule has 0 aromatic heterocycles. The zero-order chi connectivity index (χ0) is 14.8. The molecule has 20 heavy (non-hydrogen) atoms. The van der Waals surface area contributed by atoms with Crippen molar-refractivity contribution in [2.24, 2.45) is 0 Å². The summed E-state index contributed by atoms with van der Waals surface area (Å²) in [6, 6.07) is 11.1. The average molecular weight is 366 g/mol. The van der Waals surface area contributed by atoms with Crippen LogP contribution in [0, 0.1) is 0 Å². The van der Waals surface area contributed by atoms with Gasteiger partial charge in [-0.1, -0.05) is 41.9 Å². The molecule has 2 rings (SSSR count). The van der Waals surface area contributed by atoms with Gasteiger partial charge in [0.1, 0.15) is 6.61 Å². The van der Waals surface area contributed by atoms with Crippen molar-refractivity contribution < 1.29 is 17.9 Å². The Kier molecular flexibility index (Phi) is 4.60. The van der Waals surface area contributed by atoms with E-state index < -0.39 is 11.7 Å². The van der Waals surface area contributed by atoms with Crippen LogP contribution in [0.4, 0.5) is 13.2 Å². The number of halogens is 5. The van der Waals surface area contributed by atoms with Gasteiger partial charge in [-0.15, -0.1) is 0 Å². The lowest BCUT2D eigenvalue weighted by atomic mass is 10.2. The fourth-order valence-electron chi connectivity index (χ4n) is 1.59. The Morgan fingerprint density at radius 2 is 1.75 bits per heavy atom. The van der Waals surface area contributed by atoms with Crippen molar-refractivity contribution in [1.82, 2.24) is 0 Å². The molecule has 0 atom stereocenters. The van der Waals surface area contributed by atoms with Crippen LogP contribution in [0.3, 0.4) is 0 Å². The fourth-order valence-corrected chi connectivity index (χ4v) is 2.55. The molecule has 0 aliphatic heterocycles. The second-order valence-electron chi connectivity index (χ2n) is 4.04. The number of ether oxygens (including phenoxy) is 1. The maximum Gasteiger partial charge on any atom is 0.416 e. The summed E-state index contributed by atoms with van der Waals surface area (Å²) in [4.78, 5) is 0. The summed E-state index contributed by atoms with van der Waals surface area (Å²) in [5.41, 5.74) is 0.0804. The van der Waals surface area contributed by atoms with Crippen molar-refractivity contribution in [2.75, 3.05) is 0 Å². The highest BCUT2D eigenvalue weighted by Gasteiger charge is 2.32. The van der Waals surface area contributed by atoms with Gasteiger partial charge in [0.2, 0.25) is 0 Å². The van der Waals surface area contributed by atoms with Crippen LogP contribution in [0.25, 0.3) is 0 Å². The highest BCUT2D eigenvalue weighted by atomic mass is 79.9. The van der Waals surface area contributed by atoms with E-state index in [9.17, 15) is 13.2 Å². The van der Waals surface area contributed by atoms with Crippen LogP contribution in [0.2, 0.25) is 5.02 Å². The van der Waals surface area contributed by atoms with E-state index in [0.29, 0.717) is 0 Å². The first-order chi connectivity index (χ1) is 9.38. The maximum absolute atomic E-state index is 12.6. The second-order valence-corrected chi connectivity index (χ2v) is 5.30. The number of benzene rings is 2. The minimum atomic E-state index is -4.44. The maximum atomic E-state index is 12.6. The molecule has 0 unspecified atom stereocenters. The normalized spacial score (nSPS) is 11.4. The van der Waals surface area contributed by atoms with E-state index in [1.165, 1.54) is 0 Å². The van der Waals surface area contributed by atoms with Gasteiger partial charge in [0, 0.05) is 0 Å². The van der Waals surface area contributed by atoms with E-state index in [4.69, 9.17) is 16.3 Å². The van der Waals surface area contributed by atoms with Crippen molar-refractivity contribution in [3.8, 4) is 5.75 Å². The van der Waals surface area contributed by atoms with Gasteiger partial charge in [-0.05, 0) is 33.6 Å². The van der Waals surface area contributed by atoms with E-state index in [1.807, 2.05) is 30.3 Å². The Bertz CT molecular complexity index is 576. The van der Waals surface area contributed by atoms with E-state index in [-0.39, 0.29) is 21.9 Å². The molecule has 6 heteroatoms. The lowest BCUT2D eigenvalue weighted by Crippen LogP contribution is -2.06. The topological polar surface area (TPSA) is 9.23 Å². The largest absolute Gasteiger partial charge is 0.486 e. The molecule has 0 aliphatic rings. The number of hydrogen-bond donors (Lipinski definition) is 0. The van der Waals surface area contributed by atoms with Gasteiger partial charge in [0.05, 0.1) is 15.1 Å². The molecule has 0 spiro atoms. The smallest absolute Gasteiger partial charge is 0.416 e. The van der Waals surface area contributed by atoms with E-state index in [1.54, 1.807) is 0 Å². The van der Waals surface area contributed by atoms with E-state index in [2.05, 4.69) is 15.9 Å². The van der Waals surface area contributed by atoms with Gasteiger partial charge < -0.3 is 4.74 Å². The summed E-state index contributed by atoms with van der Waals surface area (Å²) in [6.45, 7) is 0.227. The van der Waals surface area contributed by atoms with Crippen molar-refractivity contribution in [3.63, 3.8) is 0 Å². The molecule has 0 saturated heterocycles. The predicted octanol–water partition coefficient (Wildman–Crippen LogP) is 5.70. The van der Waals surface area contributed by atoms with E-state index >= 15 is 0 Å². The van der Waals surface area contributed by atoms with Gasteiger partial charge in [0.25, 0.3) is 0 Å². The third-order valence-electron chi connectivity index (χ3n) is 2.55. The zero-order valence-electron chi connectivity index (χ0n) is 10.0. The molecule has 0 heterocycles. The molecule has 0 fully saturated rings. The van der Waals surface area contributed by atoms with Crippen LogP contribution in [-0.4, -0.2) is 0 Å². The van der Waals surface area contributed by atoms with Crippen molar-refractivity contribution in [1.29, 1.82) is 0 Å². The second kappa shape index (κ2) is 6.06. The van der Waals surface area contributed by atoms with Crippen LogP contribution < -0.4 is 4.74 Å². The molecule has 0 aliphatic carbocycles. The quantitative estimate of drug-likeness (QED) is 0.678.